The fourth-order valence-electron chi connectivity index (χ4n) is 2.04. The minimum absolute atomic E-state index is 0.0305. The summed E-state index contributed by atoms with van der Waals surface area (Å²) in [5, 5.41) is 2.88. The van der Waals surface area contributed by atoms with E-state index in [1.807, 2.05) is 11.8 Å². The van der Waals surface area contributed by atoms with Gasteiger partial charge in [0.15, 0.2) is 0 Å². The van der Waals surface area contributed by atoms with Gasteiger partial charge >= 0.3 is 6.01 Å². The maximum Gasteiger partial charge on any atom is 0.323 e. The van der Waals surface area contributed by atoms with Crippen molar-refractivity contribution in [3.63, 3.8) is 0 Å². The molecule has 1 aliphatic rings. The second-order valence-corrected chi connectivity index (χ2v) is 4.34. The van der Waals surface area contributed by atoms with Gasteiger partial charge in [0.25, 0.3) is 0 Å². The number of nitrogens with zero attached hydrogens (tertiary/aromatic N) is 4. The van der Waals surface area contributed by atoms with Crippen LogP contribution >= 0.6 is 0 Å². The highest BCUT2D eigenvalue weighted by atomic mass is 16.5. The molecule has 3 N–H and O–H groups in total. The summed E-state index contributed by atoms with van der Waals surface area (Å²) in [6.07, 6.45) is 0.856. The van der Waals surface area contributed by atoms with E-state index in [0.717, 1.165) is 13.0 Å². The number of ether oxygens (including phenoxy) is 1. The lowest BCUT2D eigenvalue weighted by Gasteiger charge is -2.17. The molecule has 19 heavy (non-hydrogen) atoms. The Kier molecular flexibility index (Phi) is 3.98. The van der Waals surface area contributed by atoms with Crippen molar-refractivity contribution < 1.29 is 9.53 Å². The highest BCUT2D eigenvalue weighted by molar-refractivity contribution is 5.73. The third-order valence-corrected chi connectivity index (χ3v) is 2.77. The SMILES string of the molecule is CCOc1nc(N)nc(N2CCC(NC(C)=O)C2)n1. The number of anilines is 2. The highest BCUT2D eigenvalue weighted by Gasteiger charge is 2.25. The molecule has 1 atom stereocenters. The fourth-order valence-corrected chi connectivity index (χ4v) is 2.04. The van der Waals surface area contributed by atoms with Crippen LogP contribution in [-0.2, 0) is 4.79 Å². The van der Waals surface area contributed by atoms with E-state index in [-0.39, 0.29) is 23.9 Å². The van der Waals surface area contributed by atoms with Gasteiger partial charge in [0.1, 0.15) is 0 Å². The zero-order chi connectivity index (χ0) is 13.8. The van der Waals surface area contributed by atoms with Gasteiger partial charge in [-0.15, -0.1) is 0 Å². The molecule has 104 valence electrons. The quantitative estimate of drug-likeness (QED) is 0.761. The van der Waals surface area contributed by atoms with Gasteiger partial charge in [-0.2, -0.15) is 15.0 Å². The molecular formula is C11H18N6O2. The Morgan fingerprint density at radius 3 is 3.00 bits per heavy atom. The molecule has 8 nitrogen and oxygen atoms in total. The zero-order valence-corrected chi connectivity index (χ0v) is 11.1. The molecule has 1 unspecified atom stereocenters. The highest BCUT2D eigenvalue weighted by Crippen LogP contribution is 2.18. The maximum absolute atomic E-state index is 11.0. The standard InChI is InChI=1S/C11H18N6O2/c1-3-19-11-15-9(12)14-10(16-11)17-5-4-8(6-17)13-7(2)18/h8H,3-6H2,1-2H3,(H,13,18)(H2,12,14,15,16). The van der Waals surface area contributed by atoms with Crippen molar-refractivity contribution in [3.05, 3.63) is 0 Å². The predicted octanol–water partition coefficient (Wildman–Crippen LogP) is -0.433. The maximum atomic E-state index is 11.0. The first-order valence-electron chi connectivity index (χ1n) is 6.25. The van der Waals surface area contributed by atoms with E-state index in [0.29, 0.717) is 19.1 Å². The number of nitrogens with two attached hydrogens (primary N) is 1. The number of hydrogen-bond donors (Lipinski definition) is 2. The molecule has 0 radical (unpaired) electrons. The van der Waals surface area contributed by atoms with E-state index in [1.165, 1.54) is 6.92 Å². The topological polar surface area (TPSA) is 106 Å². The summed E-state index contributed by atoms with van der Waals surface area (Å²) < 4.78 is 5.24. The second-order valence-electron chi connectivity index (χ2n) is 4.34. The van der Waals surface area contributed by atoms with Gasteiger partial charge in [0, 0.05) is 26.1 Å². The largest absolute Gasteiger partial charge is 0.464 e. The van der Waals surface area contributed by atoms with Crippen LogP contribution in [-0.4, -0.2) is 46.6 Å². The number of carbonyl (C=O) groups is 1. The predicted molar refractivity (Wildman–Crippen MR) is 69.8 cm³/mol. The molecule has 0 bridgehead atoms. The molecule has 1 aromatic rings. The summed E-state index contributed by atoms with van der Waals surface area (Å²) in [5.41, 5.74) is 5.63. The molecule has 0 spiro atoms. The van der Waals surface area contributed by atoms with E-state index < -0.39 is 0 Å². The van der Waals surface area contributed by atoms with Gasteiger partial charge in [-0.1, -0.05) is 0 Å². The molecule has 1 amide bonds. The normalized spacial score (nSPS) is 18.4. The van der Waals surface area contributed by atoms with Crippen molar-refractivity contribution in [2.75, 3.05) is 30.3 Å². The van der Waals surface area contributed by atoms with Crippen molar-refractivity contribution in [2.45, 2.75) is 26.3 Å². The van der Waals surface area contributed by atoms with Gasteiger partial charge in [0.05, 0.1) is 6.61 Å². The zero-order valence-electron chi connectivity index (χ0n) is 11.1. The van der Waals surface area contributed by atoms with Crippen LogP contribution in [0.5, 0.6) is 6.01 Å². The van der Waals surface area contributed by atoms with Crippen molar-refractivity contribution in [1.82, 2.24) is 20.3 Å². The van der Waals surface area contributed by atoms with Crippen LogP contribution in [0, 0.1) is 0 Å². The summed E-state index contributed by atoms with van der Waals surface area (Å²) in [7, 11) is 0. The van der Waals surface area contributed by atoms with Crippen LogP contribution in [0.2, 0.25) is 0 Å². The Morgan fingerprint density at radius 1 is 1.53 bits per heavy atom. The van der Waals surface area contributed by atoms with E-state index >= 15 is 0 Å². The first kappa shape index (κ1) is 13.3. The molecule has 0 aliphatic carbocycles. The summed E-state index contributed by atoms with van der Waals surface area (Å²) in [5.74, 6) is 0.595. The van der Waals surface area contributed by atoms with Crippen LogP contribution in [0.15, 0.2) is 0 Å². The van der Waals surface area contributed by atoms with Crippen molar-refractivity contribution >= 4 is 17.8 Å². The number of carbonyl (C=O) groups excluding carboxylic acids is 1. The van der Waals surface area contributed by atoms with Gasteiger partial charge < -0.3 is 20.7 Å². The number of amides is 1. The lowest BCUT2D eigenvalue weighted by atomic mass is 10.3. The van der Waals surface area contributed by atoms with Crippen LogP contribution < -0.4 is 20.7 Å². The molecule has 1 fully saturated rings. The lowest BCUT2D eigenvalue weighted by molar-refractivity contribution is -0.119. The molecule has 8 heteroatoms. The van der Waals surface area contributed by atoms with Crippen molar-refractivity contribution in [2.24, 2.45) is 0 Å². The molecule has 1 aromatic heterocycles. The Labute approximate surface area is 111 Å². The molecule has 0 aromatic carbocycles. The number of rotatable bonds is 4. The van der Waals surface area contributed by atoms with Crippen LogP contribution in [0.25, 0.3) is 0 Å². The first-order chi connectivity index (χ1) is 9.08. The number of aromatic nitrogens is 3. The van der Waals surface area contributed by atoms with Gasteiger partial charge in [0.2, 0.25) is 17.8 Å². The minimum Gasteiger partial charge on any atom is -0.464 e. The fraction of sp³-hybridized carbons (Fsp3) is 0.636. The van der Waals surface area contributed by atoms with Gasteiger partial charge in [-0.05, 0) is 13.3 Å². The Morgan fingerprint density at radius 2 is 2.32 bits per heavy atom. The lowest BCUT2D eigenvalue weighted by Crippen LogP contribution is -2.36. The van der Waals surface area contributed by atoms with Crippen LogP contribution in [0.1, 0.15) is 20.3 Å². The molecule has 1 aliphatic heterocycles. The van der Waals surface area contributed by atoms with E-state index in [2.05, 4.69) is 20.3 Å². The second kappa shape index (κ2) is 5.68. The molecule has 0 saturated carbocycles. The van der Waals surface area contributed by atoms with Crippen molar-refractivity contribution in [3.8, 4) is 6.01 Å². The number of hydrogen-bond acceptors (Lipinski definition) is 7. The third-order valence-electron chi connectivity index (χ3n) is 2.77. The average Bonchev–Trinajstić information content (AvgIpc) is 2.76. The Hall–Kier alpha value is -2.12. The Bertz CT molecular complexity index is 466. The molecule has 2 heterocycles. The van der Waals surface area contributed by atoms with Gasteiger partial charge in [-0.3, -0.25) is 4.79 Å². The van der Waals surface area contributed by atoms with Gasteiger partial charge in [-0.25, -0.2) is 0 Å². The number of nitrogen functional groups attached to an aromatic ring is 1. The molecular weight excluding hydrogens is 248 g/mol. The summed E-state index contributed by atoms with van der Waals surface area (Å²) in [6.45, 7) is 5.26. The summed E-state index contributed by atoms with van der Waals surface area (Å²) in [4.78, 5) is 25.2. The minimum atomic E-state index is -0.0305. The smallest absolute Gasteiger partial charge is 0.323 e. The third kappa shape index (κ3) is 3.43. The van der Waals surface area contributed by atoms with E-state index in [4.69, 9.17) is 10.5 Å². The Balaban J connectivity index is 2.08. The van der Waals surface area contributed by atoms with Crippen molar-refractivity contribution in [1.29, 1.82) is 0 Å². The number of nitrogens with one attached hydrogen (secondary N) is 1. The summed E-state index contributed by atoms with van der Waals surface area (Å²) >= 11 is 0. The monoisotopic (exact) mass is 266 g/mol. The van der Waals surface area contributed by atoms with Crippen LogP contribution in [0.4, 0.5) is 11.9 Å². The first-order valence-corrected chi connectivity index (χ1v) is 6.25. The van der Waals surface area contributed by atoms with Crippen LogP contribution in [0.3, 0.4) is 0 Å². The van der Waals surface area contributed by atoms with E-state index in [9.17, 15) is 4.79 Å². The molecule has 2 rings (SSSR count). The van der Waals surface area contributed by atoms with E-state index in [1.54, 1.807) is 0 Å². The summed E-state index contributed by atoms with van der Waals surface area (Å²) in [6, 6.07) is 0.346. The molecule has 1 saturated heterocycles. The average molecular weight is 266 g/mol.